The molecule has 0 unspecified atom stereocenters. The van der Waals surface area contributed by atoms with Gasteiger partial charge in [0, 0.05) is 12.8 Å². The molecule has 0 radical (unpaired) electrons. The molecule has 2 heteroatoms. The minimum Gasteiger partial charge on any atom is -0.303 e. The highest BCUT2D eigenvalue weighted by Crippen LogP contribution is 2.24. The first-order valence-corrected chi connectivity index (χ1v) is 6.87. The fourth-order valence-electron chi connectivity index (χ4n) is 2.52. The van der Waals surface area contributed by atoms with Gasteiger partial charge in [-0.3, -0.25) is 4.79 Å². The van der Waals surface area contributed by atoms with Crippen LogP contribution in [-0.2, 0) is 4.79 Å². The molecular formula is C14H27NO. The van der Waals surface area contributed by atoms with Crippen LogP contribution in [-0.4, -0.2) is 30.3 Å². The summed E-state index contributed by atoms with van der Waals surface area (Å²) in [7, 11) is 0. The van der Waals surface area contributed by atoms with Crippen LogP contribution in [0.3, 0.4) is 0 Å². The first-order chi connectivity index (χ1) is 7.63. The number of likely N-dealkylation sites (tertiary alicyclic amines) is 1. The molecule has 0 aromatic heterocycles. The molecule has 0 aromatic rings. The third-order valence-electron chi connectivity index (χ3n) is 3.90. The molecule has 1 rings (SSSR count). The zero-order valence-electron chi connectivity index (χ0n) is 11.2. The van der Waals surface area contributed by atoms with Gasteiger partial charge < -0.3 is 4.90 Å². The number of piperidine rings is 1. The second-order valence-electron chi connectivity index (χ2n) is 5.42. The van der Waals surface area contributed by atoms with Crippen LogP contribution >= 0.6 is 0 Å². The minimum atomic E-state index is 0.414. The summed E-state index contributed by atoms with van der Waals surface area (Å²) >= 11 is 0. The smallest absolute Gasteiger partial charge is 0.132 e. The molecule has 1 heterocycles. The van der Waals surface area contributed by atoms with Crippen LogP contribution in [0.2, 0.25) is 0 Å². The summed E-state index contributed by atoms with van der Waals surface area (Å²) in [6.45, 7) is 10.2. The summed E-state index contributed by atoms with van der Waals surface area (Å²) < 4.78 is 0. The molecular weight excluding hydrogens is 198 g/mol. The van der Waals surface area contributed by atoms with Crippen LogP contribution in [0, 0.1) is 11.8 Å². The molecule has 0 N–H and O–H groups in total. The quantitative estimate of drug-likeness (QED) is 0.692. The fourth-order valence-corrected chi connectivity index (χ4v) is 2.52. The van der Waals surface area contributed by atoms with Gasteiger partial charge >= 0.3 is 0 Å². The van der Waals surface area contributed by atoms with Crippen molar-refractivity contribution in [3.63, 3.8) is 0 Å². The molecule has 0 aromatic carbocycles. The van der Waals surface area contributed by atoms with Crippen molar-refractivity contribution in [1.29, 1.82) is 0 Å². The maximum Gasteiger partial charge on any atom is 0.132 e. The maximum absolute atomic E-state index is 11.2. The average Bonchev–Trinajstić information content (AvgIpc) is 2.29. The van der Waals surface area contributed by atoms with E-state index in [2.05, 4.69) is 18.7 Å². The highest BCUT2D eigenvalue weighted by Gasteiger charge is 2.20. The molecule has 2 nitrogen and oxygen atoms in total. The number of carbonyl (C=O) groups is 1. The van der Waals surface area contributed by atoms with E-state index in [1.165, 1.54) is 25.9 Å². The average molecular weight is 225 g/mol. The van der Waals surface area contributed by atoms with Crippen LogP contribution in [0.15, 0.2) is 0 Å². The zero-order chi connectivity index (χ0) is 12.0. The molecule has 1 saturated heterocycles. The van der Waals surface area contributed by atoms with Crippen molar-refractivity contribution in [3.05, 3.63) is 0 Å². The van der Waals surface area contributed by atoms with E-state index in [9.17, 15) is 4.79 Å². The van der Waals surface area contributed by atoms with Crippen molar-refractivity contribution in [2.45, 2.75) is 52.9 Å². The zero-order valence-corrected chi connectivity index (χ0v) is 11.2. The van der Waals surface area contributed by atoms with E-state index >= 15 is 0 Å². The Labute approximate surface area is 100 Å². The van der Waals surface area contributed by atoms with Crippen LogP contribution in [0.25, 0.3) is 0 Å². The minimum absolute atomic E-state index is 0.414. The predicted molar refractivity (Wildman–Crippen MR) is 68.5 cm³/mol. The number of Topliss-reactive ketones (excluding diaryl/α,β-unsaturated/α-hetero) is 1. The SMILES string of the molecule is CCC(=O)CCCN1CCC(C(C)C)CC1. The van der Waals surface area contributed by atoms with Gasteiger partial charge in [0.15, 0.2) is 0 Å². The van der Waals surface area contributed by atoms with Crippen molar-refractivity contribution in [1.82, 2.24) is 4.90 Å². The molecule has 1 aliphatic heterocycles. The highest BCUT2D eigenvalue weighted by atomic mass is 16.1. The van der Waals surface area contributed by atoms with Crippen molar-refractivity contribution in [3.8, 4) is 0 Å². The molecule has 94 valence electrons. The number of carbonyl (C=O) groups excluding carboxylic acids is 1. The summed E-state index contributed by atoms with van der Waals surface area (Å²) in [5, 5.41) is 0. The lowest BCUT2D eigenvalue weighted by Gasteiger charge is -2.33. The number of hydrogen-bond donors (Lipinski definition) is 0. The van der Waals surface area contributed by atoms with E-state index in [0.717, 1.165) is 31.2 Å². The molecule has 0 spiro atoms. The Bertz CT molecular complexity index is 205. The monoisotopic (exact) mass is 225 g/mol. The van der Waals surface area contributed by atoms with E-state index in [1.807, 2.05) is 6.92 Å². The molecule has 0 atom stereocenters. The van der Waals surface area contributed by atoms with E-state index in [1.54, 1.807) is 0 Å². The largest absolute Gasteiger partial charge is 0.303 e. The third-order valence-corrected chi connectivity index (χ3v) is 3.90. The number of nitrogens with zero attached hydrogens (tertiary/aromatic N) is 1. The Hall–Kier alpha value is -0.370. The van der Waals surface area contributed by atoms with Crippen molar-refractivity contribution >= 4 is 5.78 Å². The number of rotatable bonds is 6. The maximum atomic E-state index is 11.2. The second kappa shape index (κ2) is 7.05. The van der Waals surface area contributed by atoms with Crippen molar-refractivity contribution in [2.24, 2.45) is 11.8 Å². The topological polar surface area (TPSA) is 20.3 Å². The lowest BCUT2D eigenvalue weighted by molar-refractivity contribution is -0.118. The van der Waals surface area contributed by atoms with Crippen LogP contribution < -0.4 is 0 Å². The van der Waals surface area contributed by atoms with Gasteiger partial charge in [-0.15, -0.1) is 0 Å². The lowest BCUT2D eigenvalue weighted by Crippen LogP contribution is -2.35. The third kappa shape index (κ3) is 4.65. The normalized spacial score (nSPS) is 19.2. The lowest BCUT2D eigenvalue weighted by atomic mass is 9.87. The molecule has 16 heavy (non-hydrogen) atoms. The summed E-state index contributed by atoms with van der Waals surface area (Å²) in [6, 6.07) is 0. The highest BCUT2D eigenvalue weighted by molar-refractivity contribution is 5.77. The fraction of sp³-hybridized carbons (Fsp3) is 0.929. The summed E-state index contributed by atoms with van der Waals surface area (Å²) in [5.41, 5.74) is 0. The van der Waals surface area contributed by atoms with Gasteiger partial charge in [-0.25, -0.2) is 0 Å². The van der Waals surface area contributed by atoms with E-state index in [-0.39, 0.29) is 0 Å². The first-order valence-electron chi connectivity index (χ1n) is 6.87. The Morgan fingerprint density at radius 1 is 1.31 bits per heavy atom. The van der Waals surface area contributed by atoms with Gasteiger partial charge in [-0.1, -0.05) is 20.8 Å². The number of hydrogen-bond acceptors (Lipinski definition) is 2. The van der Waals surface area contributed by atoms with Gasteiger partial charge in [0.1, 0.15) is 5.78 Å². The van der Waals surface area contributed by atoms with Gasteiger partial charge in [0.05, 0.1) is 0 Å². The Morgan fingerprint density at radius 3 is 2.44 bits per heavy atom. The molecule has 1 aliphatic rings. The molecule has 0 saturated carbocycles. The Morgan fingerprint density at radius 2 is 1.94 bits per heavy atom. The van der Waals surface area contributed by atoms with Crippen molar-refractivity contribution < 1.29 is 4.79 Å². The van der Waals surface area contributed by atoms with Crippen molar-refractivity contribution in [2.75, 3.05) is 19.6 Å². The first kappa shape index (κ1) is 13.7. The van der Waals surface area contributed by atoms with Crippen LogP contribution in [0.1, 0.15) is 52.9 Å². The van der Waals surface area contributed by atoms with Gasteiger partial charge in [-0.2, -0.15) is 0 Å². The second-order valence-corrected chi connectivity index (χ2v) is 5.42. The molecule has 0 bridgehead atoms. The summed E-state index contributed by atoms with van der Waals surface area (Å²) in [5.74, 6) is 2.18. The molecule has 0 amide bonds. The van der Waals surface area contributed by atoms with E-state index in [4.69, 9.17) is 0 Å². The van der Waals surface area contributed by atoms with Gasteiger partial charge in [0.25, 0.3) is 0 Å². The van der Waals surface area contributed by atoms with Gasteiger partial charge in [-0.05, 0) is 50.7 Å². The Kier molecular flexibility index (Phi) is 6.04. The predicted octanol–water partition coefficient (Wildman–Crippen LogP) is 3.11. The summed E-state index contributed by atoms with van der Waals surface area (Å²) in [4.78, 5) is 13.7. The van der Waals surface area contributed by atoms with Gasteiger partial charge in [0.2, 0.25) is 0 Å². The molecule has 0 aliphatic carbocycles. The van der Waals surface area contributed by atoms with Crippen LogP contribution in [0.4, 0.5) is 0 Å². The van der Waals surface area contributed by atoms with E-state index < -0.39 is 0 Å². The Balaban J connectivity index is 2.10. The number of ketones is 1. The van der Waals surface area contributed by atoms with Crippen LogP contribution in [0.5, 0.6) is 0 Å². The molecule has 1 fully saturated rings. The summed E-state index contributed by atoms with van der Waals surface area (Å²) in [6.07, 6.45) is 5.23. The van der Waals surface area contributed by atoms with E-state index in [0.29, 0.717) is 12.2 Å². The standard InChI is InChI=1S/C14H27NO/c1-4-14(16)6-5-9-15-10-7-13(8-11-15)12(2)3/h12-13H,4-11H2,1-3H3.